The highest BCUT2D eigenvalue weighted by Crippen LogP contribution is 2.53. The molecule has 0 unspecified atom stereocenters. The Kier molecular flexibility index (Phi) is 6.80. The van der Waals surface area contributed by atoms with E-state index in [1.807, 2.05) is 42.7 Å². The van der Waals surface area contributed by atoms with Crippen molar-refractivity contribution in [2.75, 3.05) is 0 Å². The normalized spacial score (nSPS) is 12.9. The zero-order valence-corrected chi connectivity index (χ0v) is 27.4. The Bertz CT molecular complexity index is 2500. The lowest BCUT2D eigenvalue weighted by Crippen LogP contribution is -2.14. The van der Waals surface area contributed by atoms with Crippen LogP contribution in [0.15, 0.2) is 164 Å². The van der Waals surface area contributed by atoms with Gasteiger partial charge in [-0.25, -0.2) is 9.97 Å². The van der Waals surface area contributed by atoms with Gasteiger partial charge >= 0.3 is 0 Å². The van der Waals surface area contributed by atoms with E-state index in [1.54, 1.807) is 0 Å². The molecule has 2 heterocycles. The first-order chi connectivity index (χ1) is 24.0. The third kappa shape index (κ3) is 5.03. The molecule has 0 N–H and O–H groups in total. The van der Waals surface area contributed by atoms with Crippen LogP contribution < -0.4 is 0 Å². The molecule has 0 aliphatic heterocycles. The van der Waals surface area contributed by atoms with Gasteiger partial charge in [-0.15, -0.1) is 0 Å². The standard InChI is InChI=1S/C46H33N3/c1-46(2)40-17-9-16-38(44(40)39-27-34-12-6-7-13-35(34)28-41(39)46)36-14-8-15-37(26-36)43-29-42(48-45(49-43)33-10-4-3-5-11-33)32-20-18-30(19-21-32)31-22-24-47-25-23-31/h3-29H,1-2H3. The molecule has 0 bridgehead atoms. The summed E-state index contributed by atoms with van der Waals surface area (Å²) < 4.78 is 0. The molecular weight excluding hydrogens is 595 g/mol. The summed E-state index contributed by atoms with van der Waals surface area (Å²) in [6, 6.07) is 54.0. The quantitative estimate of drug-likeness (QED) is 0.191. The Morgan fingerprint density at radius 2 is 1.02 bits per heavy atom. The van der Waals surface area contributed by atoms with Gasteiger partial charge in [-0.2, -0.15) is 0 Å². The summed E-state index contributed by atoms with van der Waals surface area (Å²) in [5.74, 6) is 0.708. The third-order valence-electron chi connectivity index (χ3n) is 9.99. The first-order valence-electron chi connectivity index (χ1n) is 16.8. The van der Waals surface area contributed by atoms with Crippen molar-refractivity contribution < 1.29 is 0 Å². The largest absolute Gasteiger partial charge is 0.265 e. The number of nitrogens with zero attached hydrogens (tertiary/aromatic N) is 3. The molecule has 0 saturated heterocycles. The van der Waals surface area contributed by atoms with Gasteiger partial charge in [0.05, 0.1) is 11.4 Å². The van der Waals surface area contributed by atoms with E-state index in [9.17, 15) is 0 Å². The number of hydrogen-bond donors (Lipinski definition) is 0. The summed E-state index contributed by atoms with van der Waals surface area (Å²) >= 11 is 0. The van der Waals surface area contributed by atoms with E-state index in [-0.39, 0.29) is 5.41 Å². The van der Waals surface area contributed by atoms with Crippen LogP contribution in [0.4, 0.5) is 0 Å². The molecule has 0 amide bonds. The van der Waals surface area contributed by atoms with Crippen molar-refractivity contribution in [2.45, 2.75) is 19.3 Å². The van der Waals surface area contributed by atoms with Gasteiger partial charge in [-0.05, 0) is 91.7 Å². The monoisotopic (exact) mass is 627 g/mol. The molecule has 0 saturated carbocycles. The molecule has 8 aromatic rings. The van der Waals surface area contributed by atoms with Crippen molar-refractivity contribution in [1.82, 2.24) is 15.0 Å². The van der Waals surface area contributed by atoms with Crippen LogP contribution in [0.1, 0.15) is 25.0 Å². The van der Waals surface area contributed by atoms with E-state index in [0.717, 1.165) is 39.2 Å². The lowest BCUT2D eigenvalue weighted by Gasteiger charge is -2.22. The molecular formula is C46H33N3. The van der Waals surface area contributed by atoms with Gasteiger partial charge in [0.1, 0.15) is 0 Å². The minimum atomic E-state index is -0.0958. The molecule has 49 heavy (non-hydrogen) atoms. The van der Waals surface area contributed by atoms with Gasteiger partial charge in [0.15, 0.2) is 5.82 Å². The number of benzene rings is 6. The van der Waals surface area contributed by atoms with Crippen LogP contribution in [0.25, 0.3) is 78.1 Å². The average molecular weight is 628 g/mol. The van der Waals surface area contributed by atoms with Crippen LogP contribution >= 0.6 is 0 Å². The smallest absolute Gasteiger partial charge is 0.160 e. The molecule has 232 valence electrons. The van der Waals surface area contributed by atoms with E-state index < -0.39 is 0 Å². The fourth-order valence-corrected chi connectivity index (χ4v) is 7.40. The summed E-state index contributed by atoms with van der Waals surface area (Å²) in [5.41, 5.74) is 14.9. The van der Waals surface area contributed by atoms with E-state index in [0.29, 0.717) is 5.82 Å². The molecule has 1 aliphatic rings. The van der Waals surface area contributed by atoms with E-state index in [2.05, 4.69) is 140 Å². The zero-order chi connectivity index (χ0) is 33.0. The fraction of sp³-hybridized carbons (Fsp3) is 0.0652. The summed E-state index contributed by atoms with van der Waals surface area (Å²) in [6.45, 7) is 4.70. The predicted octanol–water partition coefficient (Wildman–Crippen LogP) is 11.7. The first-order valence-corrected chi connectivity index (χ1v) is 16.8. The summed E-state index contributed by atoms with van der Waals surface area (Å²) in [5, 5.41) is 2.55. The Hall–Kier alpha value is -6.19. The van der Waals surface area contributed by atoms with Gasteiger partial charge in [-0.3, -0.25) is 4.98 Å². The molecule has 6 aromatic carbocycles. The molecule has 1 aliphatic carbocycles. The van der Waals surface area contributed by atoms with Crippen molar-refractivity contribution in [3.05, 3.63) is 175 Å². The fourth-order valence-electron chi connectivity index (χ4n) is 7.40. The second kappa shape index (κ2) is 11.5. The molecule has 0 atom stereocenters. The van der Waals surface area contributed by atoms with Crippen LogP contribution in [-0.4, -0.2) is 15.0 Å². The van der Waals surface area contributed by atoms with Crippen LogP contribution in [0, 0.1) is 0 Å². The topological polar surface area (TPSA) is 38.7 Å². The minimum absolute atomic E-state index is 0.0958. The summed E-state index contributed by atoms with van der Waals surface area (Å²) in [4.78, 5) is 14.4. The van der Waals surface area contributed by atoms with Crippen LogP contribution in [0.5, 0.6) is 0 Å². The van der Waals surface area contributed by atoms with Gasteiger partial charge in [0.25, 0.3) is 0 Å². The van der Waals surface area contributed by atoms with Gasteiger partial charge in [0.2, 0.25) is 0 Å². The average Bonchev–Trinajstić information content (AvgIpc) is 3.39. The number of aromatic nitrogens is 3. The highest BCUT2D eigenvalue weighted by molar-refractivity contribution is 5.99. The Morgan fingerprint density at radius 3 is 1.80 bits per heavy atom. The zero-order valence-electron chi connectivity index (χ0n) is 27.4. The van der Waals surface area contributed by atoms with E-state index in [4.69, 9.17) is 9.97 Å². The number of hydrogen-bond acceptors (Lipinski definition) is 3. The van der Waals surface area contributed by atoms with Crippen molar-refractivity contribution in [3.8, 4) is 67.3 Å². The molecule has 0 spiro atoms. The van der Waals surface area contributed by atoms with Crippen molar-refractivity contribution in [1.29, 1.82) is 0 Å². The Morgan fingerprint density at radius 1 is 0.408 bits per heavy atom. The summed E-state index contributed by atoms with van der Waals surface area (Å²) in [7, 11) is 0. The van der Waals surface area contributed by atoms with Crippen molar-refractivity contribution >= 4 is 10.8 Å². The number of fused-ring (bicyclic) bond motifs is 4. The SMILES string of the molecule is CC1(C)c2cc3ccccc3cc2-c2c(-c3cccc(-c4cc(-c5ccc(-c6ccncc6)cc5)nc(-c5ccccc5)n4)c3)cccc21. The van der Waals surface area contributed by atoms with Crippen LogP contribution in [-0.2, 0) is 5.41 Å². The molecule has 9 rings (SSSR count). The van der Waals surface area contributed by atoms with Crippen LogP contribution in [0.2, 0.25) is 0 Å². The first kappa shape index (κ1) is 29.0. The van der Waals surface area contributed by atoms with Crippen molar-refractivity contribution in [2.24, 2.45) is 0 Å². The molecule has 0 fully saturated rings. The van der Waals surface area contributed by atoms with Crippen LogP contribution in [0.3, 0.4) is 0 Å². The van der Waals surface area contributed by atoms with Gasteiger partial charge in [0, 0.05) is 34.5 Å². The molecule has 3 heteroatoms. The second-order valence-corrected chi connectivity index (χ2v) is 13.3. The highest BCUT2D eigenvalue weighted by atomic mass is 14.9. The number of pyridine rings is 1. The minimum Gasteiger partial charge on any atom is -0.265 e. The third-order valence-corrected chi connectivity index (χ3v) is 9.99. The predicted molar refractivity (Wildman–Crippen MR) is 202 cm³/mol. The van der Waals surface area contributed by atoms with Gasteiger partial charge < -0.3 is 0 Å². The second-order valence-electron chi connectivity index (χ2n) is 13.3. The lowest BCUT2D eigenvalue weighted by atomic mass is 9.81. The van der Waals surface area contributed by atoms with Gasteiger partial charge in [-0.1, -0.05) is 129 Å². The molecule has 0 radical (unpaired) electrons. The molecule has 3 nitrogen and oxygen atoms in total. The maximum Gasteiger partial charge on any atom is 0.160 e. The maximum atomic E-state index is 5.15. The Labute approximate surface area is 286 Å². The summed E-state index contributed by atoms with van der Waals surface area (Å²) in [6.07, 6.45) is 3.65. The lowest BCUT2D eigenvalue weighted by molar-refractivity contribution is 0.661. The number of rotatable bonds is 5. The van der Waals surface area contributed by atoms with E-state index >= 15 is 0 Å². The Balaban J connectivity index is 1.17. The van der Waals surface area contributed by atoms with Crippen molar-refractivity contribution in [3.63, 3.8) is 0 Å². The van der Waals surface area contributed by atoms with E-state index in [1.165, 1.54) is 44.2 Å². The molecule has 2 aromatic heterocycles. The highest BCUT2D eigenvalue weighted by Gasteiger charge is 2.37. The maximum absolute atomic E-state index is 5.15.